The lowest BCUT2D eigenvalue weighted by Gasteiger charge is -2.39. The number of likely N-dealkylation sites (N-methyl/N-ethyl adjacent to an activating group) is 1. The second-order valence-electron chi connectivity index (χ2n) is 21.0. The van der Waals surface area contributed by atoms with E-state index in [9.17, 15) is 38.4 Å². The van der Waals surface area contributed by atoms with Gasteiger partial charge in [0.25, 0.3) is 0 Å². The second kappa shape index (κ2) is 25.9. The zero-order valence-corrected chi connectivity index (χ0v) is 45.4. The van der Waals surface area contributed by atoms with E-state index in [1.807, 2.05) is 121 Å². The molecule has 4 saturated heterocycles. The number of rotatable bonds is 15. The normalized spacial score (nSPS) is 21.5. The van der Waals surface area contributed by atoms with Crippen molar-refractivity contribution in [3.63, 3.8) is 0 Å². The molecular formula is C61H71N11O8. The molecule has 4 fully saturated rings. The Bertz CT molecular complexity index is 2910. The number of nitrogens with zero attached hydrogens (tertiary/aromatic N) is 4. The van der Waals surface area contributed by atoms with Gasteiger partial charge in [-0.15, -0.1) is 0 Å². The van der Waals surface area contributed by atoms with Crippen LogP contribution in [-0.2, 0) is 28.8 Å². The Hall–Kier alpha value is -8.58. The van der Waals surface area contributed by atoms with Crippen LogP contribution in [0.2, 0.25) is 0 Å². The lowest BCUT2D eigenvalue weighted by atomic mass is 9.98. The van der Waals surface area contributed by atoms with Gasteiger partial charge in [-0.05, 0) is 99.0 Å². The van der Waals surface area contributed by atoms with Crippen molar-refractivity contribution in [2.75, 3.05) is 43.9 Å². The van der Waals surface area contributed by atoms with Crippen LogP contribution in [0.4, 0.5) is 21.0 Å². The van der Waals surface area contributed by atoms with Crippen LogP contribution in [0, 0.1) is 0 Å². The summed E-state index contributed by atoms with van der Waals surface area (Å²) in [6, 6.07) is 37.8. The molecule has 0 spiro atoms. The summed E-state index contributed by atoms with van der Waals surface area (Å²) in [5.74, 6) is -2.31. The third-order valence-electron chi connectivity index (χ3n) is 15.9. The molecule has 0 bridgehead atoms. The molecule has 5 aromatic rings. The van der Waals surface area contributed by atoms with Crippen LogP contribution in [0.15, 0.2) is 146 Å². The Kier molecular flexibility index (Phi) is 18.2. The highest BCUT2D eigenvalue weighted by Gasteiger charge is 2.48. The molecule has 7 atom stereocenters. The minimum atomic E-state index is -1.17. The van der Waals surface area contributed by atoms with Crippen molar-refractivity contribution in [1.82, 2.24) is 46.2 Å². The van der Waals surface area contributed by atoms with E-state index in [2.05, 4.69) is 37.2 Å². The quantitative estimate of drug-likeness (QED) is 0.0683. The number of carbonyl (C=O) groups is 8. The zero-order valence-electron chi connectivity index (χ0n) is 45.4. The summed E-state index contributed by atoms with van der Waals surface area (Å²) in [7, 11) is 1.63. The monoisotopic (exact) mass is 1090 g/mol. The van der Waals surface area contributed by atoms with Crippen molar-refractivity contribution < 1.29 is 38.4 Å². The highest BCUT2D eigenvalue weighted by Crippen LogP contribution is 2.34. The van der Waals surface area contributed by atoms with E-state index < -0.39 is 72.1 Å². The first-order valence-corrected chi connectivity index (χ1v) is 27.7. The first-order chi connectivity index (χ1) is 38.8. The van der Waals surface area contributed by atoms with Crippen LogP contribution >= 0.6 is 0 Å². The molecule has 19 nitrogen and oxygen atoms in total. The van der Waals surface area contributed by atoms with Crippen LogP contribution in [0.1, 0.15) is 93.1 Å². The average Bonchev–Trinajstić information content (AvgIpc) is 4.16. The standard InChI is InChI=1S/C61H71N11O8/c1-4-52(73)65-48-37-69(35-33-46-29-31-50(71(46)58(48)77)56(75)67-53(40-17-9-5-10-18-40)41-19-11-6-12-20-41)60(79)63-44-25-27-45(28-26-44)64-61(80)70-36-34-47-30-32-51(72(47)59(78)49(38-70)66-55(74)39(2)62-3)57(76)68-54(42-21-13-7-14-22-42)43-23-15-8-16-24-43/h5-28,39,46-51,53-54,62H,4,29-38H2,1-3H3,(H,63,79)(H,64,80)(H,65,73)(H,66,74)(H,67,75)(H,68,76)/t39-,46+,47+,48-,49-,50?,51-/m0/s1. The molecule has 1 unspecified atom stereocenters. The molecule has 10 amide bonds. The summed E-state index contributed by atoms with van der Waals surface area (Å²) in [6.07, 6.45) is 2.78. The highest BCUT2D eigenvalue weighted by atomic mass is 16.2. The predicted molar refractivity (Wildman–Crippen MR) is 303 cm³/mol. The minimum Gasteiger partial charge on any atom is -0.343 e. The van der Waals surface area contributed by atoms with E-state index in [1.54, 1.807) is 55.0 Å². The van der Waals surface area contributed by atoms with Crippen molar-refractivity contribution in [3.8, 4) is 0 Å². The molecule has 418 valence electrons. The van der Waals surface area contributed by atoms with Gasteiger partial charge in [-0.1, -0.05) is 128 Å². The van der Waals surface area contributed by atoms with Crippen molar-refractivity contribution in [2.24, 2.45) is 0 Å². The molecule has 0 saturated carbocycles. The number of benzene rings is 5. The van der Waals surface area contributed by atoms with Crippen molar-refractivity contribution in [1.29, 1.82) is 0 Å². The van der Waals surface area contributed by atoms with E-state index in [-0.39, 0.29) is 62.4 Å². The molecule has 0 radical (unpaired) electrons. The van der Waals surface area contributed by atoms with Gasteiger partial charge in [-0.2, -0.15) is 0 Å². The molecule has 5 aromatic carbocycles. The van der Waals surface area contributed by atoms with E-state index in [1.165, 1.54) is 9.80 Å². The van der Waals surface area contributed by atoms with Gasteiger partial charge in [-0.3, -0.25) is 28.8 Å². The fraction of sp³-hybridized carbons (Fsp3) is 0.377. The number of urea groups is 2. The average molecular weight is 1090 g/mol. The third-order valence-corrected chi connectivity index (χ3v) is 15.9. The summed E-state index contributed by atoms with van der Waals surface area (Å²) in [4.78, 5) is 119. The molecule has 4 heterocycles. The Morgan fingerprint density at radius 1 is 0.500 bits per heavy atom. The summed E-state index contributed by atoms with van der Waals surface area (Å²) < 4.78 is 0. The first kappa shape index (κ1) is 56.2. The van der Waals surface area contributed by atoms with E-state index in [0.29, 0.717) is 49.9 Å². The lowest BCUT2D eigenvalue weighted by Crippen LogP contribution is -2.62. The Labute approximate surface area is 466 Å². The molecule has 0 aromatic heterocycles. The van der Waals surface area contributed by atoms with Crippen LogP contribution < -0.4 is 37.2 Å². The summed E-state index contributed by atoms with van der Waals surface area (Å²) in [5.41, 5.74) is 4.36. The molecule has 4 aliphatic heterocycles. The van der Waals surface area contributed by atoms with E-state index in [0.717, 1.165) is 22.3 Å². The fourth-order valence-electron chi connectivity index (χ4n) is 11.4. The number of carbonyl (C=O) groups excluding carboxylic acids is 8. The molecular weight excluding hydrogens is 1010 g/mol. The van der Waals surface area contributed by atoms with E-state index in [4.69, 9.17) is 0 Å². The van der Waals surface area contributed by atoms with Gasteiger partial charge in [0.2, 0.25) is 35.4 Å². The number of anilines is 2. The Morgan fingerprint density at radius 2 is 0.863 bits per heavy atom. The van der Waals surface area contributed by atoms with Crippen LogP contribution in [0.5, 0.6) is 0 Å². The van der Waals surface area contributed by atoms with Gasteiger partial charge in [0, 0.05) is 43.0 Å². The Morgan fingerprint density at radius 3 is 1.21 bits per heavy atom. The van der Waals surface area contributed by atoms with Gasteiger partial charge in [0.1, 0.15) is 24.2 Å². The summed E-state index contributed by atoms with van der Waals surface area (Å²) in [6.45, 7) is 3.50. The van der Waals surface area contributed by atoms with Crippen molar-refractivity contribution in [3.05, 3.63) is 168 Å². The molecule has 4 aliphatic rings. The van der Waals surface area contributed by atoms with E-state index >= 15 is 0 Å². The van der Waals surface area contributed by atoms with Crippen LogP contribution in [-0.4, -0.2) is 143 Å². The Balaban J connectivity index is 0.844. The number of fused-ring (bicyclic) bond motifs is 2. The number of nitrogens with one attached hydrogen (secondary N) is 7. The maximum Gasteiger partial charge on any atom is 0.321 e. The maximum atomic E-state index is 14.7. The molecule has 19 heteroatoms. The molecule has 7 N–H and O–H groups in total. The number of hydrogen-bond acceptors (Lipinski definition) is 9. The largest absolute Gasteiger partial charge is 0.343 e. The maximum absolute atomic E-state index is 14.7. The third kappa shape index (κ3) is 13.1. The lowest BCUT2D eigenvalue weighted by molar-refractivity contribution is -0.144. The summed E-state index contributed by atoms with van der Waals surface area (Å²) >= 11 is 0. The smallest absolute Gasteiger partial charge is 0.321 e. The van der Waals surface area contributed by atoms with Crippen molar-refractivity contribution in [2.45, 2.75) is 113 Å². The van der Waals surface area contributed by atoms with Gasteiger partial charge >= 0.3 is 12.1 Å². The number of hydrogen-bond donors (Lipinski definition) is 7. The van der Waals surface area contributed by atoms with Gasteiger partial charge in [-0.25, -0.2) is 9.59 Å². The topological polar surface area (TPSA) is 234 Å². The molecule has 0 aliphatic carbocycles. The van der Waals surface area contributed by atoms with Gasteiger partial charge in [0.05, 0.1) is 31.2 Å². The zero-order chi connectivity index (χ0) is 56.3. The fourth-order valence-corrected chi connectivity index (χ4v) is 11.4. The molecule has 80 heavy (non-hydrogen) atoms. The minimum absolute atomic E-state index is 0.108. The second-order valence-corrected chi connectivity index (χ2v) is 21.0. The van der Waals surface area contributed by atoms with Gasteiger partial charge in [0.15, 0.2) is 0 Å². The molecule has 9 rings (SSSR count). The highest BCUT2D eigenvalue weighted by molar-refractivity contribution is 5.97. The first-order valence-electron chi connectivity index (χ1n) is 27.7. The summed E-state index contributed by atoms with van der Waals surface area (Å²) in [5, 5.41) is 20.9. The van der Waals surface area contributed by atoms with Crippen molar-refractivity contribution >= 4 is 58.9 Å². The number of amides is 10. The SMILES string of the molecule is CCC(=O)N[C@H]1CN(C(=O)Nc2ccc(NC(=O)N3CC[C@H]4CC[C@@H](C(=O)NC(c5ccccc5)c5ccccc5)N4C(=O)[C@@H](NC(=O)[C@H](C)NC)C3)cc2)CC[C@H]2CCC(C(=O)NC(c3ccccc3)c3ccccc3)N2C1=O. The van der Waals surface area contributed by atoms with Gasteiger partial charge < -0.3 is 56.8 Å². The predicted octanol–water partition coefficient (Wildman–Crippen LogP) is 5.68. The van der Waals surface area contributed by atoms with Crippen LogP contribution in [0.25, 0.3) is 0 Å². The van der Waals surface area contributed by atoms with Crippen LogP contribution in [0.3, 0.4) is 0 Å².